The molecule has 0 spiro atoms. The first-order chi connectivity index (χ1) is 10.9. The molecule has 5 nitrogen and oxygen atoms in total. The lowest BCUT2D eigenvalue weighted by atomic mass is 9.99. The first kappa shape index (κ1) is 15.5. The second-order valence-corrected chi connectivity index (χ2v) is 6.20. The number of nitrogens with zero attached hydrogens (tertiary/aromatic N) is 1. The molecule has 1 heterocycles. The number of rotatable bonds is 3. The monoisotopic (exact) mass is 335 g/mol. The van der Waals surface area contributed by atoms with Crippen LogP contribution in [0.5, 0.6) is 5.75 Å². The van der Waals surface area contributed by atoms with Gasteiger partial charge in [0.1, 0.15) is 5.75 Å². The van der Waals surface area contributed by atoms with Gasteiger partial charge in [-0.2, -0.15) is 8.42 Å². The van der Waals surface area contributed by atoms with Crippen LogP contribution in [-0.2, 0) is 23.5 Å². The molecule has 0 aromatic heterocycles. The number of carbonyl (C=O) groups excluding carboxylic acids is 1. The molecule has 1 aliphatic heterocycles. The molecule has 0 bridgehead atoms. The summed E-state index contributed by atoms with van der Waals surface area (Å²) in [4.78, 5) is 14.2. The molecule has 7 heteroatoms. The number of hydrogen-bond donors (Lipinski definition) is 0. The highest BCUT2D eigenvalue weighted by Crippen LogP contribution is 2.22. The van der Waals surface area contributed by atoms with Gasteiger partial charge in [-0.05, 0) is 35.7 Å². The fourth-order valence-electron chi connectivity index (χ4n) is 2.65. The molecule has 1 aliphatic rings. The maximum absolute atomic E-state index is 12.6. The molecule has 1 amide bonds. The van der Waals surface area contributed by atoms with Gasteiger partial charge in [-0.1, -0.05) is 34.2 Å². The second kappa shape index (κ2) is 6.00. The van der Waals surface area contributed by atoms with Crippen molar-refractivity contribution in [3.05, 3.63) is 65.2 Å². The average Bonchev–Trinajstić information content (AvgIpc) is 2.52. The Morgan fingerprint density at radius 3 is 2.57 bits per heavy atom. The minimum Gasteiger partial charge on any atom is -0.358 e. The van der Waals surface area contributed by atoms with E-state index < -0.39 is 10.5 Å². The summed E-state index contributed by atoms with van der Waals surface area (Å²) in [6, 6.07) is 13.4. The highest BCUT2D eigenvalue weighted by molar-refractivity contribution is 7.81. The molecule has 2 aromatic rings. The number of benzene rings is 2. The Labute approximate surface area is 133 Å². The molecule has 0 N–H and O–H groups in total. The second-order valence-electron chi connectivity index (χ2n) is 5.25. The molecule has 0 aliphatic carbocycles. The van der Waals surface area contributed by atoms with Gasteiger partial charge in [-0.25, -0.2) is 0 Å². The minimum atomic E-state index is -5.11. The number of carbonyl (C=O) groups is 1. The SMILES string of the molecule is O=C(c1cccc(OS(=O)(=O)F)c1)N1CCc2ccccc2C1. The lowest BCUT2D eigenvalue weighted by molar-refractivity contribution is 0.0734. The zero-order valence-electron chi connectivity index (χ0n) is 12.1. The smallest absolute Gasteiger partial charge is 0.358 e. The van der Waals surface area contributed by atoms with Crippen LogP contribution in [0.2, 0.25) is 0 Å². The van der Waals surface area contributed by atoms with Crippen molar-refractivity contribution in [1.82, 2.24) is 4.90 Å². The Bertz CT molecular complexity index is 851. The topological polar surface area (TPSA) is 63.7 Å². The van der Waals surface area contributed by atoms with Crippen LogP contribution in [0.4, 0.5) is 3.89 Å². The summed E-state index contributed by atoms with van der Waals surface area (Å²) in [7, 11) is -5.11. The summed E-state index contributed by atoms with van der Waals surface area (Å²) in [5, 5.41) is 0. The van der Waals surface area contributed by atoms with E-state index in [-0.39, 0.29) is 17.2 Å². The van der Waals surface area contributed by atoms with Crippen LogP contribution in [0.25, 0.3) is 0 Å². The van der Waals surface area contributed by atoms with Crippen LogP contribution in [0.3, 0.4) is 0 Å². The predicted octanol–water partition coefficient (Wildman–Crippen LogP) is 2.48. The highest BCUT2D eigenvalue weighted by Gasteiger charge is 2.22. The van der Waals surface area contributed by atoms with E-state index in [0.717, 1.165) is 12.0 Å². The van der Waals surface area contributed by atoms with Crippen LogP contribution >= 0.6 is 0 Å². The third-order valence-electron chi connectivity index (χ3n) is 3.69. The van der Waals surface area contributed by atoms with Gasteiger partial charge < -0.3 is 9.08 Å². The van der Waals surface area contributed by atoms with E-state index >= 15 is 0 Å². The number of halogens is 1. The van der Waals surface area contributed by atoms with Gasteiger partial charge in [-0.15, -0.1) is 0 Å². The van der Waals surface area contributed by atoms with Gasteiger partial charge in [0, 0.05) is 18.7 Å². The van der Waals surface area contributed by atoms with Gasteiger partial charge >= 0.3 is 10.5 Å². The molecule has 0 radical (unpaired) electrons. The number of fused-ring (bicyclic) bond motifs is 1. The zero-order chi connectivity index (χ0) is 16.4. The predicted molar refractivity (Wildman–Crippen MR) is 82.0 cm³/mol. The summed E-state index contributed by atoms with van der Waals surface area (Å²) in [5.41, 5.74) is 2.56. The minimum absolute atomic E-state index is 0.226. The van der Waals surface area contributed by atoms with E-state index in [1.807, 2.05) is 24.3 Å². The van der Waals surface area contributed by atoms with Crippen molar-refractivity contribution < 1.29 is 21.3 Å². The Balaban J connectivity index is 1.80. The van der Waals surface area contributed by atoms with E-state index in [0.29, 0.717) is 13.1 Å². The molecule has 120 valence electrons. The highest BCUT2D eigenvalue weighted by atomic mass is 32.3. The molecular weight excluding hydrogens is 321 g/mol. The molecule has 0 atom stereocenters. The number of hydrogen-bond acceptors (Lipinski definition) is 4. The molecule has 0 fully saturated rings. The molecule has 0 saturated heterocycles. The molecule has 2 aromatic carbocycles. The third kappa shape index (κ3) is 3.68. The maximum Gasteiger partial charge on any atom is 0.488 e. The largest absolute Gasteiger partial charge is 0.488 e. The Morgan fingerprint density at radius 1 is 1.09 bits per heavy atom. The summed E-state index contributed by atoms with van der Waals surface area (Å²) < 4.78 is 37.8. The van der Waals surface area contributed by atoms with Gasteiger partial charge in [0.15, 0.2) is 0 Å². The van der Waals surface area contributed by atoms with Crippen LogP contribution in [-0.4, -0.2) is 25.8 Å². The molecule has 0 unspecified atom stereocenters. The normalized spacial score (nSPS) is 14.2. The van der Waals surface area contributed by atoms with Crippen LogP contribution in [0.1, 0.15) is 21.5 Å². The fraction of sp³-hybridized carbons (Fsp3) is 0.188. The van der Waals surface area contributed by atoms with Crippen molar-refractivity contribution in [3.63, 3.8) is 0 Å². The summed E-state index contributed by atoms with van der Waals surface area (Å²) in [6.07, 6.45) is 0.761. The Morgan fingerprint density at radius 2 is 1.83 bits per heavy atom. The zero-order valence-corrected chi connectivity index (χ0v) is 12.9. The van der Waals surface area contributed by atoms with E-state index in [4.69, 9.17) is 0 Å². The van der Waals surface area contributed by atoms with Crippen LogP contribution < -0.4 is 4.18 Å². The van der Waals surface area contributed by atoms with Gasteiger partial charge in [0.2, 0.25) is 0 Å². The van der Waals surface area contributed by atoms with Crippen molar-refractivity contribution in [2.24, 2.45) is 0 Å². The van der Waals surface area contributed by atoms with E-state index in [2.05, 4.69) is 4.18 Å². The van der Waals surface area contributed by atoms with Crippen molar-refractivity contribution in [1.29, 1.82) is 0 Å². The summed E-state index contributed by atoms with van der Waals surface area (Å²) >= 11 is 0. The van der Waals surface area contributed by atoms with Crippen molar-refractivity contribution >= 4 is 16.4 Å². The van der Waals surface area contributed by atoms with Gasteiger partial charge in [0.25, 0.3) is 5.91 Å². The van der Waals surface area contributed by atoms with Gasteiger partial charge in [0.05, 0.1) is 0 Å². The standard InChI is InChI=1S/C16H14FNO4S/c17-23(20,21)22-15-7-3-6-13(10-15)16(19)18-9-8-12-4-1-2-5-14(12)11-18/h1-7,10H,8-9,11H2. The van der Waals surface area contributed by atoms with E-state index in [1.165, 1.54) is 23.8 Å². The van der Waals surface area contributed by atoms with Crippen molar-refractivity contribution in [2.45, 2.75) is 13.0 Å². The van der Waals surface area contributed by atoms with Gasteiger partial charge in [-0.3, -0.25) is 4.79 Å². The first-order valence-corrected chi connectivity index (χ1v) is 8.33. The average molecular weight is 335 g/mol. The fourth-order valence-corrected chi connectivity index (χ4v) is 2.98. The third-order valence-corrected chi connectivity index (χ3v) is 4.09. The molecular formula is C16H14FNO4S. The molecule has 23 heavy (non-hydrogen) atoms. The lowest BCUT2D eigenvalue weighted by Gasteiger charge is -2.29. The van der Waals surface area contributed by atoms with Crippen molar-refractivity contribution in [2.75, 3.05) is 6.54 Å². The van der Waals surface area contributed by atoms with Crippen molar-refractivity contribution in [3.8, 4) is 5.75 Å². The summed E-state index contributed by atoms with van der Waals surface area (Å²) in [6.45, 7) is 1.06. The molecule has 0 saturated carbocycles. The van der Waals surface area contributed by atoms with Crippen LogP contribution in [0.15, 0.2) is 48.5 Å². The lowest BCUT2D eigenvalue weighted by Crippen LogP contribution is -2.35. The van der Waals surface area contributed by atoms with E-state index in [1.54, 1.807) is 11.0 Å². The van der Waals surface area contributed by atoms with Crippen LogP contribution in [0, 0.1) is 0 Å². The Hall–Kier alpha value is -2.41. The molecule has 3 rings (SSSR count). The Kier molecular flexibility index (Phi) is 4.04. The quantitative estimate of drug-likeness (QED) is 0.809. The maximum atomic E-state index is 12.6. The van der Waals surface area contributed by atoms with E-state index in [9.17, 15) is 17.1 Å². The first-order valence-electron chi connectivity index (χ1n) is 7.02. The number of amides is 1. The summed E-state index contributed by atoms with van der Waals surface area (Å²) in [5.74, 6) is -0.475.